The number of ether oxygens (including phenoxy) is 1. The first-order valence-electron chi connectivity index (χ1n) is 7.33. The van der Waals surface area contributed by atoms with Crippen molar-refractivity contribution in [1.29, 1.82) is 0 Å². The Bertz CT molecular complexity index is 976. The number of nitrogens with zero attached hydrogens (tertiary/aromatic N) is 1. The number of esters is 1. The van der Waals surface area contributed by atoms with Crippen LogP contribution in [0.4, 0.5) is 0 Å². The van der Waals surface area contributed by atoms with E-state index in [1.54, 1.807) is 31.2 Å². The van der Waals surface area contributed by atoms with E-state index >= 15 is 0 Å². The van der Waals surface area contributed by atoms with Gasteiger partial charge in [0, 0.05) is 9.90 Å². The average Bonchev–Trinajstić information content (AvgIpc) is 2.82. The molecular formula is C17H15ClN2O3S. The number of aromatic nitrogens is 2. The van der Waals surface area contributed by atoms with Gasteiger partial charge in [-0.25, -0.2) is 9.78 Å². The van der Waals surface area contributed by atoms with Crippen LogP contribution >= 0.6 is 22.9 Å². The number of thiophene rings is 1. The Balaban J connectivity index is 1.88. The van der Waals surface area contributed by atoms with Crippen molar-refractivity contribution in [3.8, 4) is 0 Å². The summed E-state index contributed by atoms with van der Waals surface area (Å²) >= 11 is 7.26. The second kappa shape index (κ2) is 6.37. The van der Waals surface area contributed by atoms with Crippen molar-refractivity contribution >= 4 is 39.1 Å². The molecule has 0 aliphatic heterocycles. The van der Waals surface area contributed by atoms with Gasteiger partial charge in [-0.15, -0.1) is 11.3 Å². The summed E-state index contributed by atoms with van der Waals surface area (Å²) in [6, 6.07) is 6.41. The Hall–Kier alpha value is -2.18. The van der Waals surface area contributed by atoms with Gasteiger partial charge >= 0.3 is 5.97 Å². The van der Waals surface area contributed by atoms with E-state index in [0.717, 1.165) is 10.4 Å². The van der Waals surface area contributed by atoms with E-state index in [1.165, 1.54) is 11.3 Å². The second-order valence-corrected chi connectivity index (χ2v) is 7.11. The van der Waals surface area contributed by atoms with Gasteiger partial charge in [-0.1, -0.05) is 11.6 Å². The summed E-state index contributed by atoms with van der Waals surface area (Å²) in [6.07, 6.45) is -0.673. The molecule has 0 saturated carbocycles. The fraction of sp³-hybridized carbons (Fsp3) is 0.235. The van der Waals surface area contributed by atoms with Crippen LogP contribution in [0.25, 0.3) is 10.2 Å². The molecule has 2 heterocycles. The number of H-pyrrole nitrogens is 1. The number of rotatable bonds is 3. The van der Waals surface area contributed by atoms with Gasteiger partial charge in [-0.3, -0.25) is 4.79 Å². The highest BCUT2D eigenvalue weighted by Gasteiger charge is 2.19. The fourth-order valence-corrected chi connectivity index (χ4v) is 3.50. The largest absolute Gasteiger partial charge is 0.451 e. The maximum absolute atomic E-state index is 12.3. The van der Waals surface area contributed by atoms with Crippen LogP contribution in [0.3, 0.4) is 0 Å². The minimum atomic E-state index is -0.673. The zero-order chi connectivity index (χ0) is 17.4. The molecule has 1 N–H and O–H groups in total. The first-order valence-corrected chi connectivity index (χ1v) is 8.52. The molecule has 0 aliphatic rings. The van der Waals surface area contributed by atoms with Crippen LogP contribution in [-0.4, -0.2) is 15.9 Å². The number of carbonyl (C=O) groups is 1. The van der Waals surface area contributed by atoms with E-state index in [9.17, 15) is 9.59 Å². The number of benzene rings is 1. The minimum absolute atomic E-state index is 0.216. The van der Waals surface area contributed by atoms with Crippen molar-refractivity contribution in [2.24, 2.45) is 0 Å². The van der Waals surface area contributed by atoms with Crippen LogP contribution in [0.1, 0.15) is 39.7 Å². The lowest BCUT2D eigenvalue weighted by atomic mass is 10.2. The summed E-state index contributed by atoms with van der Waals surface area (Å²) in [6.45, 7) is 5.52. The Labute approximate surface area is 147 Å². The van der Waals surface area contributed by atoms with E-state index in [1.807, 2.05) is 13.8 Å². The first-order chi connectivity index (χ1) is 11.4. The number of hydrogen-bond acceptors (Lipinski definition) is 5. The lowest BCUT2D eigenvalue weighted by molar-refractivity contribution is 0.0320. The quantitative estimate of drug-likeness (QED) is 0.709. The molecular weight excluding hydrogens is 348 g/mol. The molecule has 2 aromatic heterocycles. The van der Waals surface area contributed by atoms with Crippen molar-refractivity contribution in [1.82, 2.24) is 9.97 Å². The van der Waals surface area contributed by atoms with Crippen LogP contribution < -0.4 is 5.56 Å². The maximum Gasteiger partial charge on any atom is 0.338 e. The number of fused-ring (bicyclic) bond motifs is 1. The molecule has 0 saturated heterocycles. The topological polar surface area (TPSA) is 72.0 Å². The Morgan fingerprint density at radius 1 is 1.29 bits per heavy atom. The molecule has 0 aliphatic carbocycles. The molecule has 0 spiro atoms. The summed E-state index contributed by atoms with van der Waals surface area (Å²) in [5.74, 6) is -0.170. The zero-order valence-corrected chi connectivity index (χ0v) is 14.9. The summed E-state index contributed by atoms with van der Waals surface area (Å²) in [7, 11) is 0. The molecule has 3 rings (SSSR count). The second-order valence-electron chi connectivity index (χ2n) is 5.47. The van der Waals surface area contributed by atoms with Gasteiger partial charge in [-0.2, -0.15) is 0 Å². The molecule has 0 radical (unpaired) electrons. The third-order valence-electron chi connectivity index (χ3n) is 3.81. The molecule has 0 amide bonds. The summed E-state index contributed by atoms with van der Waals surface area (Å²) in [5, 5.41) is 1.14. The van der Waals surface area contributed by atoms with Gasteiger partial charge in [0.15, 0.2) is 11.9 Å². The Kier molecular flexibility index (Phi) is 4.43. The monoisotopic (exact) mass is 362 g/mol. The maximum atomic E-state index is 12.3. The van der Waals surface area contributed by atoms with Crippen molar-refractivity contribution in [2.45, 2.75) is 26.9 Å². The minimum Gasteiger partial charge on any atom is -0.451 e. The molecule has 5 nitrogen and oxygen atoms in total. The van der Waals surface area contributed by atoms with Crippen molar-refractivity contribution in [2.75, 3.05) is 0 Å². The highest BCUT2D eigenvalue weighted by atomic mass is 35.5. The van der Waals surface area contributed by atoms with Gasteiger partial charge in [-0.05, 0) is 50.6 Å². The Morgan fingerprint density at radius 2 is 1.96 bits per heavy atom. The van der Waals surface area contributed by atoms with Crippen LogP contribution in [0.15, 0.2) is 29.1 Å². The number of aryl methyl sites for hydroxylation is 2. The third-order valence-corrected chi connectivity index (χ3v) is 5.16. The van der Waals surface area contributed by atoms with E-state index in [0.29, 0.717) is 26.6 Å². The van der Waals surface area contributed by atoms with Crippen molar-refractivity contribution in [3.05, 3.63) is 61.5 Å². The first kappa shape index (κ1) is 16.7. The molecule has 1 unspecified atom stereocenters. The number of aromatic amines is 1. The number of carbonyl (C=O) groups excluding carboxylic acids is 1. The number of hydrogen-bond donors (Lipinski definition) is 1. The van der Waals surface area contributed by atoms with E-state index < -0.39 is 12.1 Å². The van der Waals surface area contributed by atoms with Crippen molar-refractivity contribution in [3.63, 3.8) is 0 Å². The lowest BCUT2D eigenvalue weighted by Crippen LogP contribution is -2.17. The highest BCUT2D eigenvalue weighted by molar-refractivity contribution is 7.18. The average molecular weight is 363 g/mol. The predicted molar refractivity (Wildman–Crippen MR) is 95.0 cm³/mol. The van der Waals surface area contributed by atoms with Gasteiger partial charge in [0.2, 0.25) is 0 Å². The molecule has 3 aromatic rings. The predicted octanol–water partition coefficient (Wildman–Crippen LogP) is 4.17. The van der Waals surface area contributed by atoms with Crippen LogP contribution in [0, 0.1) is 13.8 Å². The number of nitrogens with one attached hydrogen (secondary N) is 1. The zero-order valence-electron chi connectivity index (χ0n) is 13.3. The van der Waals surface area contributed by atoms with Gasteiger partial charge in [0.1, 0.15) is 4.83 Å². The number of halogens is 1. The smallest absolute Gasteiger partial charge is 0.338 e. The molecule has 7 heteroatoms. The standard InChI is InChI=1S/C17H15ClN2O3S/c1-8-10(3)24-16-13(8)15(21)19-14(20-16)9(2)23-17(22)11-4-6-12(18)7-5-11/h4-7,9H,1-3H3,(H,19,20,21). The highest BCUT2D eigenvalue weighted by Crippen LogP contribution is 2.27. The molecule has 1 atom stereocenters. The van der Waals surface area contributed by atoms with Crippen molar-refractivity contribution < 1.29 is 9.53 Å². The van der Waals surface area contributed by atoms with Crippen LogP contribution in [0.2, 0.25) is 5.02 Å². The summed E-state index contributed by atoms with van der Waals surface area (Å²) < 4.78 is 5.39. The van der Waals surface area contributed by atoms with Crippen LogP contribution in [-0.2, 0) is 4.74 Å². The summed E-state index contributed by atoms with van der Waals surface area (Å²) in [5.41, 5.74) is 1.10. The normalized spacial score (nSPS) is 12.3. The molecule has 0 bridgehead atoms. The van der Waals surface area contributed by atoms with E-state index in [2.05, 4.69) is 9.97 Å². The molecule has 24 heavy (non-hydrogen) atoms. The summed E-state index contributed by atoms with van der Waals surface area (Å²) in [4.78, 5) is 33.3. The van der Waals surface area contributed by atoms with E-state index in [-0.39, 0.29) is 5.56 Å². The SMILES string of the molecule is Cc1sc2nc(C(C)OC(=O)c3ccc(Cl)cc3)[nH]c(=O)c2c1C. The van der Waals surface area contributed by atoms with Crippen LogP contribution in [0.5, 0.6) is 0 Å². The third kappa shape index (κ3) is 3.07. The Morgan fingerprint density at radius 3 is 2.62 bits per heavy atom. The fourth-order valence-electron chi connectivity index (χ4n) is 2.33. The van der Waals surface area contributed by atoms with Gasteiger partial charge in [0.05, 0.1) is 10.9 Å². The van der Waals surface area contributed by atoms with E-state index in [4.69, 9.17) is 16.3 Å². The molecule has 1 aromatic carbocycles. The molecule has 0 fully saturated rings. The van der Waals surface area contributed by atoms with Gasteiger partial charge < -0.3 is 9.72 Å². The lowest BCUT2D eigenvalue weighted by Gasteiger charge is -2.12. The van der Waals surface area contributed by atoms with Gasteiger partial charge in [0.25, 0.3) is 5.56 Å². The molecule has 124 valence electrons.